The van der Waals surface area contributed by atoms with Crippen molar-refractivity contribution >= 4 is 29.5 Å². The number of hydrogen-bond acceptors (Lipinski definition) is 2. The van der Waals surface area contributed by atoms with Crippen molar-refractivity contribution in [1.82, 2.24) is 9.78 Å². The number of nitrogens with zero attached hydrogens (tertiary/aromatic N) is 2. The molecule has 0 aliphatic carbocycles. The van der Waals surface area contributed by atoms with Crippen molar-refractivity contribution in [2.45, 2.75) is 0 Å². The van der Waals surface area contributed by atoms with E-state index in [0.717, 1.165) is 11.8 Å². The lowest BCUT2D eigenvalue weighted by Crippen LogP contribution is -1.95. The van der Waals surface area contributed by atoms with Gasteiger partial charge in [0.05, 0.1) is 16.3 Å². The van der Waals surface area contributed by atoms with Crippen molar-refractivity contribution in [3.05, 3.63) is 70.3 Å². The molecule has 0 bridgehead atoms. The standard InChI is InChI=1S/C16H10Cl2N2O/c17-13-6-7-15(14(18)8-13)20-9-12(10-21)16(19-20)11-4-2-1-3-5-11/h1-10H. The lowest BCUT2D eigenvalue weighted by atomic mass is 10.1. The maximum Gasteiger partial charge on any atom is 0.153 e. The molecule has 0 aliphatic heterocycles. The van der Waals surface area contributed by atoms with Crippen LogP contribution in [0, 0.1) is 0 Å². The monoisotopic (exact) mass is 316 g/mol. The van der Waals surface area contributed by atoms with E-state index in [2.05, 4.69) is 5.10 Å². The Kier molecular flexibility index (Phi) is 3.78. The molecule has 1 aromatic heterocycles. The van der Waals surface area contributed by atoms with E-state index < -0.39 is 0 Å². The third-order valence-corrected chi connectivity index (χ3v) is 3.61. The first-order valence-corrected chi connectivity index (χ1v) is 7.00. The average Bonchev–Trinajstić information content (AvgIpc) is 2.92. The highest BCUT2D eigenvalue weighted by Gasteiger charge is 2.13. The molecule has 0 unspecified atom stereocenters. The molecule has 1 heterocycles. The summed E-state index contributed by atoms with van der Waals surface area (Å²) in [6, 6.07) is 14.7. The zero-order valence-corrected chi connectivity index (χ0v) is 12.3. The van der Waals surface area contributed by atoms with E-state index in [9.17, 15) is 4.79 Å². The third-order valence-electron chi connectivity index (χ3n) is 3.07. The van der Waals surface area contributed by atoms with Gasteiger partial charge in [-0.25, -0.2) is 4.68 Å². The second-order valence-electron chi connectivity index (χ2n) is 4.46. The van der Waals surface area contributed by atoms with Crippen molar-refractivity contribution < 1.29 is 4.79 Å². The number of hydrogen-bond donors (Lipinski definition) is 0. The molecule has 3 aromatic rings. The van der Waals surface area contributed by atoms with E-state index in [-0.39, 0.29) is 0 Å². The van der Waals surface area contributed by atoms with Crippen molar-refractivity contribution in [2.75, 3.05) is 0 Å². The largest absolute Gasteiger partial charge is 0.298 e. The molecular formula is C16H10Cl2N2O. The Morgan fingerprint density at radius 2 is 1.81 bits per heavy atom. The number of benzene rings is 2. The highest BCUT2D eigenvalue weighted by molar-refractivity contribution is 6.35. The summed E-state index contributed by atoms with van der Waals surface area (Å²) in [6.45, 7) is 0. The van der Waals surface area contributed by atoms with Gasteiger partial charge in [0, 0.05) is 16.8 Å². The van der Waals surface area contributed by atoms with Crippen LogP contribution in [0.4, 0.5) is 0 Å². The molecule has 5 heteroatoms. The zero-order chi connectivity index (χ0) is 14.8. The molecule has 0 amide bonds. The predicted octanol–water partition coefficient (Wildman–Crippen LogP) is 4.66. The van der Waals surface area contributed by atoms with Crippen molar-refractivity contribution in [3.8, 4) is 16.9 Å². The minimum Gasteiger partial charge on any atom is -0.298 e. The first kappa shape index (κ1) is 13.9. The van der Waals surface area contributed by atoms with E-state index in [4.69, 9.17) is 23.2 Å². The number of aromatic nitrogens is 2. The van der Waals surface area contributed by atoms with Crippen LogP contribution in [0.2, 0.25) is 10.0 Å². The number of aldehydes is 1. The molecule has 0 radical (unpaired) electrons. The van der Waals surface area contributed by atoms with Crippen LogP contribution >= 0.6 is 23.2 Å². The molecule has 0 aliphatic rings. The van der Waals surface area contributed by atoms with Crippen LogP contribution in [0.15, 0.2) is 54.7 Å². The van der Waals surface area contributed by atoms with Gasteiger partial charge in [-0.3, -0.25) is 4.79 Å². The highest BCUT2D eigenvalue weighted by Crippen LogP contribution is 2.27. The van der Waals surface area contributed by atoms with Gasteiger partial charge < -0.3 is 0 Å². The van der Waals surface area contributed by atoms with E-state index >= 15 is 0 Å². The van der Waals surface area contributed by atoms with Gasteiger partial charge in [0.15, 0.2) is 6.29 Å². The molecule has 0 saturated carbocycles. The minimum absolute atomic E-state index is 0.474. The lowest BCUT2D eigenvalue weighted by Gasteiger charge is -2.04. The van der Waals surface area contributed by atoms with Gasteiger partial charge in [-0.15, -0.1) is 0 Å². The third kappa shape index (κ3) is 2.71. The topological polar surface area (TPSA) is 34.9 Å². The fourth-order valence-corrected chi connectivity index (χ4v) is 2.58. The van der Waals surface area contributed by atoms with E-state index in [0.29, 0.717) is 27.0 Å². The highest BCUT2D eigenvalue weighted by atomic mass is 35.5. The first-order chi connectivity index (χ1) is 10.2. The van der Waals surface area contributed by atoms with Gasteiger partial charge in [-0.05, 0) is 18.2 Å². The predicted molar refractivity (Wildman–Crippen MR) is 84.4 cm³/mol. The average molecular weight is 317 g/mol. The molecule has 2 aromatic carbocycles. The Morgan fingerprint density at radius 1 is 1.05 bits per heavy atom. The summed E-state index contributed by atoms with van der Waals surface area (Å²) in [4.78, 5) is 11.3. The number of halogens is 2. The van der Waals surface area contributed by atoms with Crippen LogP contribution in [0.5, 0.6) is 0 Å². The summed E-state index contributed by atoms with van der Waals surface area (Å²) in [5.74, 6) is 0. The van der Waals surface area contributed by atoms with E-state index in [1.807, 2.05) is 30.3 Å². The van der Waals surface area contributed by atoms with Crippen molar-refractivity contribution in [1.29, 1.82) is 0 Å². The van der Waals surface area contributed by atoms with Crippen LogP contribution in [0.25, 0.3) is 16.9 Å². The molecule has 0 fully saturated rings. The SMILES string of the molecule is O=Cc1cn(-c2ccc(Cl)cc2Cl)nc1-c1ccccc1. The fraction of sp³-hybridized carbons (Fsp3) is 0. The maximum atomic E-state index is 11.3. The van der Waals surface area contributed by atoms with E-state index in [1.54, 1.807) is 29.1 Å². The van der Waals surface area contributed by atoms with Crippen LogP contribution in [-0.2, 0) is 0 Å². The summed E-state index contributed by atoms with van der Waals surface area (Å²) >= 11 is 12.1. The quantitative estimate of drug-likeness (QED) is 0.659. The van der Waals surface area contributed by atoms with Gasteiger partial charge >= 0.3 is 0 Å². The molecule has 21 heavy (non-hydrogen) atoms. The molecular weight excluding hydrogens is 307 g/mol. The molecule has 0 atom stereocenters. The van der Waals surface area contributed by atoms with Crippen LogP contribution in [0.3, 0.4) is 0 Å². The maximum absolute atomic E-state index is 11.3. The number of carbonyl (C=O) groups excluding carboxylic acids is 1. The van der Waals surface area contributed by atoms with Crippen LogP contribution in [0.1, 0.15) is 10.4 Å². The Labute approximate surface area is 131 Å². The fourth-order valence-electron chi connectivity index (χ4n) is 2.08. The molecule has 0 spiro atoms. The van der Waals surface area contributed by atoms with Gasteiger partial charge in [-0.1, -0.05) is 53.5 Å². The molecule has 3 nitrogen and oxygen atoms in total. The Hall–Kier alpha value is -2.10. The number of carbonyl (C=O) groups is 1. The summed E-state index contributed by atoms with van der Waals surface area (Å²) in [6.07, 6.45) is 2.44. The Morgan fingerprint density at radius 3 is 2.48 bits per heavy atom. The summed E-state index contributed by atoms with van der Waals surface area (Å²) in [5, 5.41) is 5.49. The summed E-state index contributed by atoms with van der Waals surface area (Å²) in [5.41, 5.74) is 2.68. The minimum atomic E-state index is 0.474. The number of rotatable bonds is 3. The van der Waals surface area contributed by atoms with Gasteiger partial charge in [0.25, 0.3) is 0 Å². The van der Waals surface area contributed by atoms with Crippen molar-refractivity contribution in [3.63, 3.8) is 0 Å². The molecule has 0 N–H and O–H groups in total. The molecule has 3 rings (SSSR count). The van der Waals surface area contributed by atoms with Gasteiger partial charge in [0.1, 0.15) is 5.69 Å². The van der Waals surface area contributed by atoms with Gasteiger partial charge in [0.2, 0.25) is 0 Å². The Bertz CT molecular complexity index is 797. The van der Waals surface area contributed by atoms with E-state index in [1.165, 1.54) is 0 Å². The lowest BCUT2D eigenvalue weighted by molar-refractivity contribution is 0.112. The smallest absolute Gasteiger partial charge is 0.153 e. The Balaban J connectivity index is 2.14. The molecule has 104 valence electrons. The summed E-state index contributed by atoms with van der Waals surface area (Å²) < 4.78 is 1.59. The second kappa shape index (κ2) is 5.72. The summed E-state index contributed by atoms with van der Waals surface area (Å²) in [7, 11) is 0. The molecule has 0 saturated heterocycles. The first-order valence-electron chi connectivity index (χ1n) is 6.25. The van der Waals surface area contributed by atoms with Gasteiger partial charge in [-0.2, -0.15) is 5.10 Å². The van der Waals surface area contributed by atoms with Crippen molar-refractivity contribution in [2.24, 2.45) is 0 Å². The van der Waals surface area contributed by atoms with Crippen LogP contribution in [-0.4, -0.2) is 16.1 Å². The normalized spacial score (nSPS) is 10.6. The zero-order valence-electron chi connectivity index (χ0n) is 10.8. The second-order valence-corrected chi connectivity index (χ2v) is 5.30. The van der Waals surface area contributed by atoms with Crippen LogP contribution < -0.4 is 0 Å².